The van der Waals surface area contributed by atoms with E-state index in [4.69, 9.17) is 29.4 Å². The van der Waals surface area contributed by atoms with Gasteiger partial charge in [0.1, 0.15) is 11.6 Å². The maximum Gasteiger partial charge on any atom is 0.161 e. The van der Waals surface area contributed by atoms with E-state index >= 15 is 0 Å². The van der Waals surface area contributed by atoms with Gasteiger partial charge in [0.2, 0.25) is 0 Å². The molecule has 2 aromatic heterocycles. The summed E-state index contributed by atoms with van der Waals surface area (Å²) in [6, 6.07) is 15.6. The Balaban J connectivity index is 1.57. The first kappa shape index (κ1) is 24.5. The Labute approximate surface area is 216 Å². The van der Waals surface area contributed by atoms with Crippen molar-refractivity contribution in [2.75, 3.05) is 51.2 Å². The number of aliphatic hydroxyl groups excluding tert-OH is 1. The second-order valence-electron chi connectivity index (χ2n) is 9.08. The molecule has 9 heteroatoms. The van der Waals surface area contributed by atoms with Gasteiger partial charge in [-0.3, -0.25) is 0 Å². The molecular formula is C28H30N6O3. The Morgan fingerprint density at radius 3 is 2.38 bits per heavy atom. The van der Waals surface area contributed by atoms with Gasteiger partial charge in [-0.15, -0.1) is 0 Å². The topological polar surface area (TPSA) is 96.7 Å². The molecule has 190 valence electrons. The second kappa shape index (κ2) is 10.4. The molecule has 0 spiro atoms. The van der Waals surface area contributed by atoms with Gasteiger partial charge in [-0.05, 0) is 48.9 Å². The van der Waals surface area contributed by atoms with Crippen molar-refractivity contribution in [1.82, 2.24) is 19.9 Å². The van der Waals surface area contributed by atoms with Crippen LogP contribution in [0.25, 0.3) is 34.3 Å². The van der Waals surface area contributed by atoms with Gasteiger partial charge in [-0.1, -0.05) is 12.1 Å². The van der Waals surface area contributed by atoms with Gasteiger partial charge in [0, 0.05) is 44.2 Å². The molecular weight excluding hydrogens is 468 g/mol. The van der Waals surface area contributed by atoms with Crippen LogP contribution in [0.15, 0.2) is 48.5 Å². The van der Waals surface area contributed by atoms with Crippen molar-refractivity contribution in [3.63, 3.8) is 0 Å². The van der Waals surface area contributed by atoms with Crippen molar-refractivity contribution in [1.29, 1.82) is 0 Å². The molecule has 1 aliphatic heterocycles. The van der Waals surface area contributed by atoms with E-state index in [9.17, 15) is 5.11 Å². The Bertz CT molecular complexity index is 1460. The van der Waals surface area contributed by atoms with E-state index in [1.807, 2.05) is 79.7 Å². The molecule has 1 atom stereocenters. The monoisotopic (exact) mass is 498 g/mol. The molecule has 5 rings (SSSR count). The Hall–Kier alpha value is -4.24. The van der Waals surface area contributed by atoms with Crippen LogP contribution in [0.4, 0.5) is 11.6 Å². The van der Waals surface area contributed by atoms with Crippen molar-refractivity contribution >= 4 is 34.7 Å². The van der Waals surface area contributed by atoms with Crippen LogP contribution in [0.5, 0.6) is 11.5 Å². The summed E-state index contributed by atoms with van der Waals surface area (Å²) in [6.45, 7) is 1.26. The number of fused-ring (bicyclic) bond motifs is 1. The SMILES string of the molecule is COc1ccc(-c2cc(N3CCC(O)C3)nc(C=Cc3nc(N(C)C)c4ccccc4n3)n2)cc1OC. The van der Waals surface area contributed by atoms with E-state index in [0.29, 0.717) is 36.1 Å². The standard InChI is InChI=1S/C28H30N6O3/c1-33(2)28-20-7-5-6-8-21(20)29-26(32-28)12-11-25-30-22(16-27(31-25)34-14-13-19(35)17-34)18-9-10-23(36-3)24(15-18)37-4/h5-12,15-16,19,35H,13-14,17H2,1-4H3. The van der Waals surface area contributed by atoms with Crippen LogP contribution in [0.3, 0.4) is 0 Å². The Morgan fingerprint density at radius 1 is 0.919 bits per heavy atom. The Morgan fingerprint density at radius 2 is 1.68 bits per heavy atom. The third-order valence-electron chi connectivity index (χ3n) is 6.30. The van der Waals surface area contributed by atoms with Gasteiger partial charge in [-0.25, -0.2) is 19.9 Å². The maximum absolute atomic E-state index is 10.1. The smallest absolute Gasteiger partial charge is 0.161 e. The number of anilines is 2. The van der Waals surface area contributed by atoms with Gasteiger partial charge in [-0.2, -0.15) is 0 Å². The van der Waals surface area contributed by atoms with E-state index in [2.05, 4.69) is 4.90 Å². The summed E-state index contributed by atoms with van der Waals surface area (Å²) in [7, 11) is 7.15. The molecule has 3 heterocycles. The summed E-state index contributed by atoms with van der Waals surface area (Å²) in [5.41, 5.74) is 2.47. The minimum atomic E-state index is -0.367. The number of methoxy groups -OCH3 is 2. The molecule has 2 aromatic carbocycles. The van der Waals surface area contributed by atoms with E-state index in [1.54, 1.807) is 14.2 Å². The highest BCUT2D eigenvalue weighted by molar-refractivity contribution is 5.90. The molecule has 9 nitrogen and oxygen atoms in total. The van der Waals surface area contributed by atoms with Crippen LogP contribution in [-0.4, -0.2) is 72.6 Å². The highest BCUT2D eigenvalue weighted by Gasteiger charge is 2.22. The number of rotatable bonds is 7. The summed E-state index contributed by atoms with van der Waals surface area (Å²) >= 11 is 0. The average molecular weight is 499 g/mol. The van der Waals surface area contributed by atoms with E-state index in [0.717, 1.165) is 40.3 Å². The lowest BCUT2D eigenvalue weighted by atomic mass is 10.1. The number of para-hydroxylation sites is 1. The van der Waals surface area contributed by atoms with Crippen molar-refractivity contribution in [2.24, 2.45) is 0 Å². The van der Waals surface area contributed by atoms with Crippen LogP contribution in [-0.2, 0) is 0 Å². The van der Waals surface area contributed by atoms with E-state index in [-0.39, 0.29) is 6.10 Å². The normalized spacial score (nSPS) is 15.5. The van der Waals surface area contributed by atoms with Crippen LogP contribution in [0, 0.1) is 0 Å². The fraction of sp³-hybridized carbons (Fsp3) is 0.286. The molecule has 1 fully saturated rings. The molecule has 1 unspecified atom stereocenters. The highest BCUT2D eigenvalue weighted by Crippen LogP contribution is 2.33. The van der Waals surface area contributed by atoms with Gasteiger partial charge >= 0.3 is 0 Å². The largest absolute Gasteiger partial charge is 0.493 e. The number of nitrogens with zero attached hydrogens (tertiary/aromatic N) is 6. The zero-order valence-corrected chi connectivity index (χ0v) is 21.4. The first-order valence-corrected chi connectivity index (χ1v) is 12.1. The van der Waals surface area contributed by atoms with Crippen LogP contribution >= 0.6 is 0 Å². The molecule has 0 aliphatic carbocycles. The fourth-order valence-electron chi connectivity index (χ4n) is 4.42. The lowest BCUT2D eigenvalue weighted by Crippen LogP contribution is -2.22. The van der Waals surface area contributed by atoms with Crippen molar-refractivity contribution in [2.45, 2.75) is 12.5 Å². The van der Waals surface area contributed by atoms with Crippen LogP contribution in [0.1, 0.15) is 18.1 Å². The van der Waals surface area contributed by atoms with Crippen molar-refractivity contribution < 1.29 is 14.6 Å². The minimum absolute atomic E-state index is 0.367. The van der Waals surface area contributed by atoms with Crippen molar-refractivity contribution in [3.8, 4) is 22.8 Å². The molecule has 0 radical (unpaired) electrons. The fourth-order valence-corrected chi connectivity index (χ4v) is 4.42. The maximum atomic E-state index is 10.1. The predicted octanol–water partition coefficient (Wildman–Crippen LogP) is 3.91. The number of aliphatic hydroxyl groups is 1. The number of hydrogen-bond acceptors (Lipinski definition) is 9. The number of aromatic nitrogens is 4. The van der Waals surface area contributed by atoms with Crippen LogP contribution < -0.4 is 19.3 Å². The average Bonchev–Trinajstić information content (AvgIpc) is 3.37. The van der Waals surface area contributed by atoms with E-state index in [1.165, 1.54) is 0 Å². The number of hydrogen-bond donors (Lipinski definition) is 1. The number of ether oxygens (including phenoxy) is 2. The zero-order chi connectivity index (χ0) is 25.9. The number of β-amino-alcohol motifs (C(OH)–C–C–N with tert-alkyl or cyclic N) is 1. The van der Waals surface area contributed by atoms with Gasteiger partial charge < -0.3 is 24.4 Å². The molecule has 0 saturated carbocycles. The lowest BCUT2D eigenvalue weighted by Gasteiger charge is -2.18. The quantitative estimate of drug-likeness (QED) is 0.407. The summed E-state index contributed by atoms with van der Waals surface area (Å²) in [5, 5.41) is 11.1. The Kier molecular flexibility index (Phi) is 6.87. The first-order chi connectivity index (χ1) is 17.9. The third-order valence-corrected chi connectivity index (χ3v) is 6.30. The number of benzene rings is 2. The van der Waals surface area contributed by atoms with Crippen molar-refractivity contribution in [3.05, 3.63) is 60.2 Å². The molecule has 0 amide bonds. The summed E-state index contributed by atoms with van der Waals surface area (Å²) < 4.78 is 10.9. The molecule has 0 bridgehead atoms. The van der Waals surface area contributed by atoms with Gasteiger partial charge in [0.15, 0.2) is 23.1 Å². The predicted molar refractivity (Wildman–Crippen MR) is 146 cm³/mol. The van der Waals surface area contributed by atoms with Crippen LogP contribution in [0.2, 0.25) is 0 Å². The zero-order valence-electron chi connectivity index (χ0n) is 21.4. The third kappa shape index (κ3) is 5.17. The molecule has 1 saturated heterocycles. The molecule has 4 aromatic rings. The minimum Gasteiger partial charge on any atom is -0.493 e. The summed E-state index contributed by atoms with van der Waals surface area (Å²) in [5.74, 6) is 3.96. The van der Waals surface area contributed by atoms with E-state index < -0.39 is 0 Å². The summed E-state index contributed by atoms with van der Waals surface area (Å²) in [4.78, 5) is 23.1. The molecule has 1 N–H and O–H groups in total. The summed E-state index contributed by atoms with van der Waals surface area (Å²) in [6.07, 6.45) is 3.99. The highest BCUT2D eigenvalue weighted by atomic mass is 16.5. The second-order valence-corrected chi connectivity index (χ2v) is 9.08. The first-order valence-electron chi connectivity index (χ1n) is 12.1. The van der Waals surface area contributed by atoms with Gasteiger partial charge in [0.05, 0.1) is 31.5 Å². The lowest BCUT2D eigenvalue weighted by molar-refractivity contribution is 0.198. The molecule has 37 heavy (non-hydrogen) atoms. The van der Waals surface area contributed by atoms with Gasteiger partial charge in [0.25, 0.3) is 0 Å². The molecule has 1 aliphatic rings.